The molecule has 1 aromatic carbocycles. The van der Waals surface area contributed by atoms with Gasteiger partial charge >= 0.3 is 0 Å². The molecule has 0 N–H and O–H groups in total. The van der Waals surface area contributed by atoms with Gasteiger partial charge in [-0.1, -0.05) is 31.9 Å². The summed E-state index contributed by atoms with van der Waals surface area (Å²) in [6, 6.07) is 2.23. The molecule has 0 amide bonds. The molecule has 1 rings (SSSR count). The first-order valence-electron chi connectivity index (χ1n) is 2.95. The van der Waals surface area contributed by atoms with Crippen LogP contribution in [0.5, 0.6) is 0 Å². The van der Waals surface area contributed by atoms with Crippen LogP contribution in [0.2, 0.25) is 0 Å². The first-order chi connectivity index (χ1) is 5.52. The Morgan fingerprint density at radius 2 is 1.67 bits per heavy atom. The molecule has 0 heterocycles. The summed E-state index contributed by atoms with van der Waals surface area (Å²) < 4.78 is 25.6. The van der Waals surface area contributed by atoms with Crippen molar-refractivity contribution in [2.75, 3.05) is 0 Å². The van der Waals surface area contributed by atoms with Crippen molar-refractivity contribution in [2.45, 2.75) is 3.74 Å². The fourth-order valence-electron chi connectivity index (χ4n) is 0.705. The lowest BCUT2D eigenvalue weighted by atomic mass is 10.2. The fraction of sp³-hybridized carbons (Fsp3) is 0.143. The van der Waals surface area contributed by atoms with Crippen molar-refractivity contribution >= 4 is 47.8 Å². The third-order valence-corrected chi connectivity index (χ3v) is 2.87. The molecule has 0 unspecified atom stereocenters. The van der Waals surface area contributed by atoms with E-state index in [1.54, 1.807) is 0 Å². The molecule has 0 nitrogen and oxygen atoms in total. The number of hydrogen-bond acceptors (Lipinski definition) is 0. The van der Waals surface area contributed by atoms with Crippen LogP contribution in [0, 0.1) is 11.6 Å². The van der Waals surface area contributed by atoms with Gasteiger partial charge in [0.25, 0.3) is 0 Å². The van der Waals surface area contributed by atoms with Gasteiger partial charge in [-0.05, 0) is 28.1 Å². The lowest BCUT2D eigenvalue weighted by Crippen LogP contribution is -1.90. The van der Waals surface area contributed by atoms with Crippen LogP contribution >= 0.6 is 47.8 Å². The van der Waals surface area contributed by atoms with E-state index in [9.17, 15) is 8.78 Å². The lowest BCUT2D eigenvalue weighted by molar-refractivity contribution is 0.586. The van der Waals surface area contributed by atoms with Gasteiger partial charge in [0.2, 0.25) is 0 Å². The van der Waals surface area contributed by atoms with Crippen molar-refractivity contribution in [1.82, 2.24) is 0 Å². The predicted molar refractivity (Wildman–Crippen MR) is 54.7 cm³/mol. The van der Waals surface area contributed by atoms with Crippen LogP contribution in [0.1, 0.15) is 9.30 Å². The number of hydrogen-bond donors (Lipinski definition) is 0. The third-order valence-electron chi connectivity index (χ3n) is 1.27. The third kappa shape index (κ3) is 2.26. The Morgan fingerprint density at radius 1 is 1.08 bits per heavy atom. The van der Waals surface area contributed by atoms with E-state index in [0.29, 0.717) is 0 Å². The summed E-state index contributed by atoms with van der Waals surface area (Å²) in [5, 5.41) is 0. The van der Waals surface area contributed by atoms with Gasteiger partial charge in [0, 0.05) is 5.56 Å². The zero-order valence-electron chi connectivity index (χ0n) is 5.62. The van der Waals surface area contributed by atoms with Crippen molar-refractivity contribution in [3.63, 3.8) is 0 Å². The minimum absolute atomic E-state index is 0.129. The van der Waals surface area contributed by atoms with Gasteiger partial charge in [-0.25, -0.2) is 8.78 Å². The molecule has 66 valence electrons. The molecule has 0 aliphatic carbocycles. The summed E-state index contributed by atoms with van der Waals surface area (Å²) in [6.45, 7) is 0. The van der Waals surface area contributed by atoms with Gasteiger partial charge in [0.05, 0.1) is 8.21 Å². The smallest absolute Gasteiger partial charge is 0.137 e. The maximum Gasteiger partial charge on any atom is 0.137 e. The van der Waals surface area contributed by atoms with Crippen molar-refractivity contribution in [2.24, 2.45) is 0 Å². The standard InChI is InChI=1S/C7H3Br3F2/c8-4-2-5(11)3(7(9)10)1-6(4)12/h1-2,7H. The Balaban J connectivity index is 3.23. The molecule has 0 saturated heterocycles. The molecule has 12 heavy (non-hydrogen) atoms. The molecular weight excluding hydrogens is 362 g/mol. The Hall–Kier alpha value is 0.520. The topological polar surface area (TPSA) is 0 Å². The van der Waals surface area contributed by atoms with Gasteiger partial charge in [-0.15, -0.1) is 0 Å². The molecule has 0 fully saturated rings. The summed E-state index contributed by atoms with van der Waals surface area (Å²) in [4.78, 5) is 0. The zero-order chi connectivity index (χ0) is 9.30. The lowest BCUT2D eigenvalue weighted by Gasteiger charge is -2.04. The fourth-order valence-corrected chi connectivity index (χ4v) is 1.72. The van der Waals surface area contributed by atoms with E-state index in [4.69, 9.17) is 0 Å². The summed E-state index contributed by atoms with van der Waals surface area (Å²) in [7, 11) is 0. The SMILES string of the molecule is Fc1cc(C(Br)Br)c(F)cc1Br. The summed E-state index contributed by atoms with van der Waals surface area (Å²) in [5.74, 6) is -0.933. The molecule has 0 radical (unpaired) electrons. The molecule has 0 aliphatic heterocycles. The summed E-state index contributed by atoms with van der Waals surface area (Å²) in [5.41, 5.74) is 0.246. The van der Waals surface area contributed by atoms with Crippen LogP contribution in [0.15, 0.2) is 16.6 Å². The molecule has 0 spiro atoms. The maximum absolute atomic E-state index is 13.0. The van der Waals surface area contributed by atoms with Crippen molar-refractivity contribution in [3.05, 3.63) is 33.8 Å². The molecule has 0 bridgehead atoms. The molecule has 0 atom stereocenters. The number of rotatable bonds is 1. The van der Waals surface area contributed by atoms with E-state index < -0.39 is 11.6 Å². The van der Waals surface area contributed by atoms with Crippen LogP contribution in [0.4, 0.5) is 8.78 Å². The summed E-state index contributed by atoms with van der Waals surface area (Å²) >= 11 is 9.06. The molecule has 0 aromatic heterocycles. The van der Waals surface area contributed by atoms with Gasteiger partial charge in [-0.2, -0.15) is 0 Å². The Bertz CT molecular complexity index is 299. The number of halogens is 5. The van der Waals surface area contributed by atoms with Crippen LogP contribution in [-0.2, 0) is 0 Å². The average molecular weight is 365 g/mol. The van der Waals surface area contributed by atoms with E-state index in [1.807, 2.05) is 0 Å². The predicted octanol–water partition coefficient (Wildman–Crippen LogP) is 4.52. The van der Waals surface area contributed by atoms with Gasteiger partial charge in [0.1, 0.15) is 11.6 Å². The summed E-state index contributed by atoms with van der Waals surface area (Å²) in [6.07, 6.45) is 0. The first-order valence-corrected chi connectivity index (χ1v) is 5.57. The van der Waals surface area contributed by atoms with E-state index in [0.717, 1.165) is 12.1 Å². The zero-order valence-corrected chi connectivity index (χ0v) is 10.4. The second kappa shape index (κ2) is 4.15. The average Bonchev–Trinajstić information content (AvgIpc) is 1.96. The Labute approximate surface area is 93.7 Å². The largest absolute Gasteiger partial charge is 0.207 e. The highest BCUT2D eigenvalue weighted by Crippen LogP contribution is 2.33. The van der Waals surface area contributed by atoms with Gasteiger partial charge in [-0.3, -0.25) is 0 Å². The van der Waals surface area contributed by atoms with Gasteiger partial charge in [0.15, 0.2) is 0 Å². The highest BCUT2D eigenvalue weighted by Gasteiger charge is 2.12. The molecule has 1 aromatic rings. The van der Waals surface area contributed by atoms with E-state index >= 15 is 0 Å². The minimum atomic E-state index is -0.477. The second-order valence-electron chi connectivity index (χ2n) is 2.09. The highest BCUT2D eigenvalue weighted by molar-refractivity contribution is 9.24. The monoisotopic (exact) mass is 362 g/mol. The number of alkyl halides is 2. The Morgan fingerprint density at radius 3 is 2.17 bits per heavy atom. The second-order valence-corrected chi connectivity index (χ2v) is 6.00. The van der Waals surface area contributed by atoms with Crippen molar-refractivity contribution in [1.29, 1.82) is 0 Å². The van der Waals surface area contributed by atoms with E-state index in [-0.39, 0.29) is 13.8 Å². The van der Waals surface area contributed by atoms with Crippen molar-refractivity contribution < 1.29 is 8.78 Å². The normalized spacial score (nSPS) is 10.8. The van der Waals surface area contributed by atoms with Crippen LogP contribution in [0.3, 0.4) is 0 Å². The number of benzene rings is 1. The van der Waals surface area contributed by atoms with Gasteiger partial charge < -0.3 is 0 Å². The molecule has 0 saturated carbocycles. The highest BCUT2D eigenvalue weighted by atomic mass is 79.9. The molecule has 5 heteroatoms. The Kier molecular flexibility index (Phi) is 3.67. The van der Waals surface area contributed by atoms with Crippen LogP contribution < -0.4 is 0 Å². The minimum Gasteiger partial charge on any atom is -0.207 e. The van der Waals surface area contributed by atoms with E-state index in [2.05, 4.69) is 47.8 Å². The first kappa shape index (κ1) is 10.6. The van der Waals surface area contributed by atoms with Crippen LogP contribution in [0.25, 0.3) is 0 Å². The quantitative estimate of drug-likeness (QED) is 0.508. The molecule has 0 aliphatic rings. The van der Waals surface area contributed by atoms with E-state index in [1.165, 1.54) is 0 Å². The van der Waals surface area contributed by atoms with Crippen LogP contribution in [-0.4, -0.2) is 0 Å². The molecular formula is C7H3Br3F2. The maximum atomic E-state index is 13.0. The van der Waals surface area contributed by atoms with Crippen molar-refractivity contribution in [3.8, 4) is 0 Å².